The van der Waals surface area contributed by atoms with Gasteiger partial charge in [-0.25, -0.2) is 4.79 Å². The molecule has 0 bridgehead atoms. The van der Waals surface area contributed by atoms with Crippen molar-refractivity contribution in [3.05, 3.63) is 29.3 Å². The van der Waals surface area contributed by atoms with E-state index in [1.807, 2.05) is 6.07 Å². The Morgan fingerprint density at radius 2 is 2.10 bits per heavy atom. The maximum Gasteiger partial charge on any atom is 0.336 e. The molecule has 0 saturated carbocycles. The summed E-state index contributed by atoms with van der Waals surface area (Å²) >= 11 is 0. The average molecular weight is 275 g/mol. The van der Waals surface area contributed by atoms with Crippen LogP contribution < -0.4 is 4.90 Å². The van der Waals surface area contributed by atoms with E-state index in [4.69, 9.17) is 0 Å². The number of aromatic carboxylic acids is 1. The fourth-order valence-electron chi connectivity index (χ4n) is 2.75. The molecule has 1 heterocycles. The van der Waals surface area contributed by atoms with E-state index in [1.165, 1.54) is 0 Å². The predicted molar refractivity (Wildman–Crippen MR) is 78.2 cm³/mol. The number of carbonyl (C=O) groups is 2. The molecule has 0 aromatic heterocycles. The highest BCUT2D eigenvalue weighted by Gasteiger charge is 2.25. The molecule has 0 radical (unpaired) electrons. The Kier molecular flexibility index (Phi) is 4.77. The minimum absolute atomic E-state index is 0.113. The number of rotatable bonds is 5. The van der Waals surface area contributed by atoms with Gasteiger partial charge in [-0.1, -0.05) is 25.8 Å². The van der Waals surface area contributed by atoms with Crippen molar-refractivity contribution in [3.8, 4) is 0 Å². The van der Waals surface area contributed by atoms with Gasteiger partial charge in [-0.2, -0.15) is 0 Å². The molecule has 2 rings (SSSR count). The van der Waals surface area contributed by atoms with Gasteiger partial charge in [0.25, 0.3) is 0 Å². The number of anilines is 1. The van der Waals surface area contributed by atoms with Gasteiger partial charge < -0.3 is 10.0 Å². The maximum absolute atomic E-state index is 12.3. The summed E-state index contributed by atoms with van der Waals surface area (Å²) < 4.78 is 0. The van der Waals surface area contributed by atoms with Crippen LogP contribution in [0.1, 0.15) is 54.9 Å². The molecule has 0 spiro atoms. The van der Waals surface area contributed by atoms with Crippen molar-refractivity contribution in [2.24, 2.45) is 0 Å². The number of hydrogen-bond acceptors (Lipinski definition) is 2. The Morgan fingerprint density at radius 3 is 2.80 bits per heavy atom. The third-order valence-electron chi connectivity index (χ3n) is 3.78. The zero-order valence-electron chi connectivity index (χ0n) is 11.9. The third kappa shape index (κ3) is 3.00. The summed E-state index contributed by atoms with van der Waals surface area (Å²) in [4.78, 5) is 25.3. The monoisotopic (exact) mass is 275 g/mol. The van der Waals surface area contributed by atoms with Gasteiger partial charge in [0.1, 0.15) is 0 Å². The summed E-state index contributed by atoms with van der Waals surface area (Å²) in [6, 6.07) is 5.20. The van der Waals surface area contributed by atoms with Gasteiger partial charge in [0.15, 0.2) is 0 Å². The molecular weight excluding hydrogens is 254 g/mol. The lowest BCUT2D eigenvalue weighted by molar-refractivity contribution is -0.118. The minimum Gasteiger partial charge on any atom is -0.478 e. The number of carboxylic acids is 1. The van der Waals surface area contributed by atoms with Gasteiger partial charge in [-0.15, -0.1) is 0 Å². The lowest BCUT2D eigenvalue weighted by atomic mass is 9.96. The zero-order chi connectivity index (χ0) is 14.5. The number of fused-ring (bicyclic) bond motifs is 1. The van der Waals surface area contributed by atoms with Crippen LogP contribution in [0.3, 0.4) is 0 Å². The van der Waals surface area contributed by atoms with Crippen molar-refractivity contribution in [1.82, 2.24) is 0 Å². The average Bonchev–Trinajstić information content (AvgIpc) is 2.46. The highest BCUT2D eigenvalue weighted by atomic mass is 16.4. The topological polar surface area (TPSA) is 57.6 Å². The van der Waals surface area contributed by atoms with Crippen LogP contribution in [0.15, 0.2) is 18.2 Å². The molecule has 1 aliphatic rings. The summed E-state index contributed by atoms with van der Waals surface area (Å²) in [5.74, 6) is -0.802. The molecule has 1 amide bonds. The molecule has 20 heavy (non-hydrogen) atoms. The van der Waals surface area contributed by atoms with Gasteiger partial charge >= 0.3 is 5.97 Å². The van der Waals surface area contributed by atoms with Crippen molar-refractivity contribution >= 4 is 17.6 Å². The Hall–Kier alpha value is -1.84. The Labute approximate surface area is 119 Å². The number of amides is 1. The number of carboxylic acid groups (broad SMARTS) is 1. The van der Waals surface area contributed by atoms with Crippen LogP contribution in [0.4, 0.5) is 5.69 Å². The van der Waals surface area contributed by atoms with Crippen molar-refractivity contribution in [2.45, 2.75) is 45.4 Å². The molecule has 1 N–H and O–H groups in total. The van der Waals surface area contributed by atoms with E-state index in [2.05, 4.69) is 6.92 Å². The van der Waals surface area contributed by atoms with E-state index in [1.54, 1.807) is 17.0 Å². The smallest absolute Gasteiger partial charge is 0.336 e. The molecule has 0 unspecified atom stereocenters. The molecule has 0 atom stereocenters. The van der Waals surface area contributed by atoms with Crippen LogP contribution in [0.2, 0.25) is 0 Å². The van der Waals surface area contributed by atoms with E-state index in [-0.39, 0.29) is 5.91 Å². The number of carbonyl (C=O) groups excluding carboxylic acids is 1. The van der Waals surface area contributed by atoms with Crippen LogP contribution in [0.25, 0.3) is 0 Å². The van der Waals surface area contributed by atoms with Gasteiger partial charge in [-0.3, -0.25) is 4.79 Å². The number of benzene rings is 1. The summed E-state index contributed by atoms with van der Waals surface area (Å²) in [6.45, 7) is 2.81. The van der Waals surface area contributed by atoms with Gasteiger partial charge in [0.05, 0.1) is 5.56 Å². The van der Waals surface area contributed by atoms with E-state index >= 15 is 0 Å². The first-order valence-corrected chi connectivity index (χ1v) is 7.30. The van der Waals surface area contributed by atoms with Crippen LogP contribution in [0, 0.1) is 0 Å². The molecule has 108 valence electrons. The summed E-state index contributed by atoms with van der Waals surface area (Å²) in [5.41, 5.74) is 1.92. The summed E-state index contributed by atoms with van der Waals surface area (Å²) in [5, 5.41) is 9.24. The van der Waals surface area contributed by atoms with Gasteiger partial charge in [0, 0.05) is 18.7 Å². The van der Waals surface area contributed by atoms with E-state index in [0.717, 1.165) is 43.4 Å². The molecule has 0 aliphatic carbocycles. The number of unbranched alkanes of at least 4 members (excludes halogenated alkanes) is 2. The third-order valence-corrected chi connectivity index (χ3v) is 3.78. The molecule has 0 fully saturated rings. The van der Waals surface area contributed by atoms with Crippen molar-refractivity contribution in [1.29, 1.82) is 0 Å². The number of nitrogens with zero attached hydrogens (tertiary/aromatic N) is 1. The first kappa shape index (κ1) is 14.6. The molecule has 1 aromatic carbocycles. The Bertz CT molecular complexity index is 510. The maximum atomic E-state index is 12.3. The first-order chi connectivity index (χ1) is 9.65. The predicted octanol–water partition coefficient (Wildman–Crippen LogP) is 3.24. The second-order valence-corrected chi connectivity index (χ2v) is 5.21. The molecule has 4 nitrogen and oxygen atoms in total. The van der Waals surface area contributed by atoms with Crippen LogP contribution in [-0.2, 0) is 11.2 Å². The van der Waals surface area contributed by atoms with Crippen LogP contribution in [0.5, 0.6) is 0 Å². The normalized spacial score (nSPS) is 13.9. The molecule has 1 aliphatic heterocycles. The van der Waals surface area contributed by atoms with E-state index in [0.29, 0.717) is 18.5 Å². The molecular formula is C16H21NO3. The largest absolute Gasteiger partial charge is 0.478 e. The van der Waals surface area contributed by atoms with Crippen molar-refractivity contribution in [2.75, 3.05) is 11.4 Å². The minimum atomic E-state index is -0.915. The number of hydrogen-bond donors (Lipinski definition) is 1. The van der Waals surface area contributed by atoms with Gasteiger partial charge in [-0.05, 0) is 37.0 Å². The second kappa shape index (κ2) is 6.55. The van der Waals surface area contributed by atoms with Crippen molar-refractivity contribution < 1.29 is 14.7 Å². The Balaban J connectivity index is 2.22. The fourth-order valence-corrected chi connectivity index (χ4v) is 2.75. The zero-order valence-corrected chi connectivity index (χ0v) is 11.9. The Morgan fingerprint density at radius 1 is 1.30 bits per heavy atom. The van der Waals surface area contributed by atoms with Crippen molar-refractivity contribution in [3.63, 3.8) is 0 Å². The quantitative estimate of drug-likeness (QED) is 0.839. The second-order valence-electron chi connectivity index (χ2n) is 5.21. The molecule has 0 saturated heterocycles. The summed E-state index contributed by atoms with van der Waals surface area (Å²) in [7, 11) is 0. The lowest BCUT2D eigenvalue weighted by Crippen LogP contribution is -2.35. The van der Waals surface area contributed by atoms with Gasteiger partial charge in [0.2, 0.25) is 5.91 Å². The van der Waals surface area contributed by atoms with Crippen LogP contribution >= 0.6 is 0 Å². The SMILES string of the molecule is CCCCCC(=O)N1CCCc2c(C(=O)O)cccc21. The molecule has 1 aromatic rings. The standard InChI is InChI=1S/C16H21NO3/c1-2-3-4-10-15(18)17-11-6-8-12-13(16(19)20)7-5-9-14(12)17/h5,7,9H,2-4,6,8,10-11H2,1H3,(H,19,20). The summed E-state index contributed by atoms with van der Waals surface area (Å²) in [6.07, 6.45) is 5.16. The first-order valence-electron chi connectivity index (χ1n) is 7.30. The van der Waals surface area contributed by atoms with E-state index in [9.17, 15) is 14.7 Å². The lowest BCUT2D eigenvalue weighted by Gasteiger charge is -2.30. The molecule has 4 heteroatoms. The van der Waals surface area contributed by atoms with E-state index < -0.39 is 5.97 Å². The highest BCUT2D eigenvalue weighted by Crippen LogP contribution is 2.30. The fraction of sp³-hybridized carbons (Fsp3) is 0.500. The highest BCUT2D eigenvalue weighted by molar-refractivity contribution is 5.98. The van der Waals surface area contributed by atoms with Crippen LogP contribution in [-0.4, -0.2) is 23.5 Å².